The van der Waals surface area contributed by atoms with Crippen LogP contribution < -0.4 is 0 Å². The number of rotatable bonds is 2. The lowest BCUT2D eigenvalue weighted by atomic mass is 10.4. The third-order valence-corrected chi connectivity index (χ3v) is 8.44. The Bertz CT molecular complexity index is 1640. The van der Waals surface area contributed by atoms with Gasteiger partial charge in [-0.1, -0.05) is 45.8 Å². The molecule has 0 radical (unpaired) electrons. The van der Waals surface area contributed by atoms with Crippen LogP contribution in [0.25, 0.3) is 50.6 Å². The quantitative estimate of drug-likeness (QED) is 0.182. The Morgan fingerprint density at radius 3 is 1.58 bits per heavy atom. The number of aromatic nitrogens is 2. The lowest BCUT2D eigenvalue weighted by Gasteiger charge is -1.98. The molecule has 5 heterocycles. The van der Waals surface area contributed by atoms with Crippen LogP contribution in [-0.4, -0.2) is 20.8 Å². The molecule has 0 atom stereocenters. The Morgan fingerprint density at radius 2 is 1.23 bits per heavy atom. The predicted octanol–water partition coefficient (Wildman–Crippen LogP) is 6.11. The molecule has 5 aromatic rings. The number of aliphatic imine (C=N–C) groups is 2. The van der Waals surface area contributed by atoms with Crippen molar-refractivity contribution in [1.29, 1.82) is 10.5 Å². The number of fused-ring (bicyclic) bond motifs is 7. The first kappa shape index (κ1) is 19.0. The summed E-state index contributed by atoms with van der Waals surface area (Å²) < 4.78 is 8.65. The van der Waals surface area contributed by atoms with Gasteiger partial charge in [0.05, 0.1) is 40.9 Å². The Labute approximate surface area is 187 Å². The van der Waals surface area contributed by atoms with E-state index in [0.717, 1.165) is 40.9 Å². The van der Waals surface area contributed by atoms with E-state index >= 15 is 0 Å². The number of nitrogens with zero attached hydrogens (tertiary/aromatic N) is 8. The third kappa shape index (κ3) is 2.59. The van der Waals surface area contributed by atoms with Crippen LogP contribution >= 0.6 is 34.0 Å². The Morgan fingerprint density at radius 1 is 0.806 bits per heavy atom. The molecule has 0 spiro atoms. The maximum atomic E-state index is 8.99. The van der Waals surface area contributed by atoms with Crippen molar-refractivity contribution in [3.05, 3.63) is 35.0 Å². The standard InChI is InChI=1S/C20H8N8S3/c1-23-11(7-21)25-13-5-9-17(29-13)19-15(27(9)3)16-20(31-19)18-10(28(16)4)6-14(30-18)26-12(8-22)24-2/h5-6H,3-4H3. The molecule has 0 aliphatic rings. The van der Waals surface area contributed by atoms with E-state index in [1.54, 1.807) is 23.5 Å². The number of nitriles is 2. The lowest BCUT2D eigenvalue weighted by Crippen LogP contribution is -1.90. The molecule has 0 amide bonds. The summed E-state index contributed by atoms with van der Waals surface area (Å²) in [6, 6.07) is 7.43. The van der Waals surface area contributed by atoms with Crippen LogP contribution in [0, 0.1) is 35.8 Å². The second-order valence-corrected chi connectivity index (χ2v) is 9.57. The van der Waals surface area contributed by atoms with Crippen LogP contribution in [0.1, 0.15) is 0 Å². The highest BCUT2D eigenvalue weighted by molar-refractivity contribution is 7.35. The molecule has 0 fully saturated rings. The van der Waals surface area contributed by atoms with Crippen molar-refractivity contribution in [2.45, 2.75) is 0 Å². The van der Waals surface area contributed by atoms with Gasteiger partial charge in [0.15, 0.2) is 0 Å². The molecule has 0 aliphatic heterocycles. The summed E-state index contributed by atoms with van der Waals surface area (Å²) in [4.78, 5) is 14.6. The number of amidine groups is 2. The number of thiophene rings is 3. The van der Waals surface area contributed by atoms with Gasteiger partial charge in [0.25, 0.3) is 0 Å². The van der Waals surface area contributed by atoms with E-state index in [1.807, 2.05) is 26.2 Å². The van der Waals surface area contributed by atoms with Gasteiger partial charge < -0.3 is 18.8 Å². The second kappa shape index (κ2) is 6.77. The van der Waals surface area contributed by atoms with Crippen molar-refractivity contribution in [1.82, 2.24) is 9.13 Å². The Hall–Kier alpha value is -4.00. The summed E-state index contributed by atoms with van der Waals surface area (Å²) in [5, 5.41) is 19.2. The lowest BCUT2D eigenvalue weighted by molar-refractivity contribution is 0.989. The molecule has 0 unspecified atom stereocenters. The minimum atomic E-state index is -0.177. The fraction of sp³-hybridized carbons (Fsp3) is 0.100. The Balaban J connectivity index is 1.78. The summed E-state index contributed by atoms with van der Waals surface area (Å²) in [7, 11) is 4.01. The molecule has 31 heavy (non-hydrogen) atoms. The van der Waals surface area contributed by atoms with E-state index in [9.17, 15) is 0 Å². The average molecular weight is 457 g/mol. The van der Waals surface area contributed by atoms with Gasteiger partial charge in [-0.25, -0.2) is 10.5 Å². The molecule has 11 heteroatoms. The monoisotopic (exact) mass is 456 g/mol. The SMILES string of the molecule is [C-]#[N+]C(C#N)=Nc1cc2c(s1)c1sc3c4sc(N=C(C#N)[N+]#[C-])cc4n(C)c3c1n2C. The van der Waals surface area contributed by atoms with Gasteiger partial charge in [0.1, 0.15) is 12.1 Å². The summed E-state index contributed by atoms with van der Waals surface area (Å²) in [5.41, 5.74) is 4.27. The smallest absolute Gasteiger partial charge is 0.350 e. The summed E-state index contributed by atoms with van der Waals surface area (Å²) in [5.74, 6) is -0.354. The molecule has 0 N–H and O–H groups in total. The minimum Gasteiger partial charge on any atom is -0.351 e. The van der Waals surface area contributed by atoms with Crippen LogP contribution in [-0.2, 0) is 14.1 Å². The molecule has 5 aromatic heterocycles. The molecule has 0 bridgehead atoms. The molecule has 5 rings (SSSR count). The first-order chi connectivity index (χ1) is 15.0. The fourth-order valence-corrected chi connectivity index (χ4v) is 7.38. The molecular weight excluding hydrogens is 448 g/mol. The highest BCUT2D eigenvalue weighted by atomic mass is 32.1. The van der Waals surface area contributed by atoms with Gasteiger partial charge in [-0.2, -0.15) is 0 Å². The normalized spacial score (nSPS) is 12.5. The van der Waals surface area contributed by atoms with Crippen LogP contribution in [0.15, 0.2) is 22.1 Å². The first-order valence-corrected chi connectivity index (χ1v) is 11.1. The van der Waals surface area contributed by atoms with E-state index in [4.69, 9.17) is 23.7 Å². The summed E-state index contributed by atoms with van der Waals surface area (Å²) in [6.45, 7) is 14.1. The maximum Gasteiger partial charge on any atom is 0.350 e. The number of aryl methyl sites for hydroxylation is 2. The molecule has 0 saturated heterocycles. The van der Waals surface area contributed by atoms with E-state index in [2.05, 4.69) is 28.8 Å². The van der Waals surface area contributed by atoms with Gasteiger partial charge in [0.2, 0.25) is 10.0 Å². The minimum absolute atomic E-state index is 0.177. The molecule has 0 aromatic carbocycles. The molecule has 0 aliphatic carbocycles. The van der Waals surface area contributed by atoms with Crippen molar-refractivity contribution in [2.24, 2.45) is 24.1 Å². The van der Waals surface area contributed by atoms with Gasteiger partial charge in [-0.15, -0.1) is 11.3 Å². The zero-order chi connectivity index (χ0) is 21.9. The van der Waals surface area contributed by atoms with E-state index < -0.39 is 0 Å². The third-order valence-electron chi connectivity index (χ3n) is 4.91. The topological polar surface area (TPSA) is 90.9 Å². The largest absolute Gasteiger partial charge is 0.351 e. The van der Waals surface area contributed by atoms with Crippen molar-refractivity contribution >= 4 is 96.6 Å². The summed E-state index contributed by atoms with van der Waals surface area (Å²) in [6.07, 6.45) is 0. The van der Waals surface area contributed by atoms with Crippen LogP contribution in [0.2, 0.25) is 0 Å². The van der Waals surface area contributed by atoms with Gasteiger partial charge >= 0.3 is 11.7 Å². The van der Waals surface area contributed by atoms with Gasteiger partial charge in [0, 0.05) is 26.2 Å². The fourth-order valence-electron chi connectivity index (χ4n) is 3.62. The molecule has 146 valence electrons. The van der Waals surface area contributed by atoms with E-state index in [-0.39, 0.29) is 11.7 Å². The van der Waals surface area contributed by atoms with Crippen molar-refractivity contribution < 1.29 is 0 Å². The van der Waals surface area contributed by atoms with Crippen molar-refractivity contribution in [3.63, 3.8) is 0 Å². The maximum absolute atomic E-state index is 8.99. The summed E-state index contributed by atoms with van der Waals surface area (Å²) >= 11 is 4.61. The number of hydrogen-bond donors (Lipinski definition) is 0. The van der Waals surface area contributed by atoms with Gasteiger partial charge in [-0.3, -0.25) is 0 Å². The predicted molar refractivity (Wildman–Crippen MR) is 127 cm³/mol. The zero-order valence-electron chi connectivity index (χ0n) is 16.0. The van der Waals surface area contributed by atoms with Crippen molar-refractivity contribution in [2.75, 3.05) is 0 Å². The molecular formula is C20H8N8S3. The number of hydrogen-bond acceptors (Lipinski definition) is 7. The zero-order valence-corrected chi connectivity index (χ0v) is 18.4. The van der Waals surface area contributed by atoms with Crippen molar-refractivity contribution in [3.8, 4) is 12.1 Å². The highest BCUT2D eigenvalue weighted by Gasteiger charge is 2.24. The first-order valence-electron chi connectivity index (χ1n) is 8.65. The highest BCUT2D eigenvalue weighted by Crippen LogP contribution is 2.50. The second-order valence-electron chi connectivity index (χ2n) is 6.49. The molecule has 8 nitrogen and oxygen atoms in total. The van der Waals surface area contributed by atoms with Crippen LogP contribution in [0.4, 0.5) is 10.0 Å². The Kier molecular flexibility index (Phi) is 4.15. The van der Waals surface area contributed by atoms with Crippen LogP contribution in [0.3, 0.4) is 0 Å². The average Bonchev–Trinajstić information content (AvgIpc) is 3.54. The van der Waals surface area contributed by atoms with Gasteiger partial charge in [-0.05, 0) is 0 Å². The van der Waals surface area contributed by atoms with E-state index in [0.29, 0.717) is 10.0 Å². The van der Waals surface area contributed by atoms with Crippen LogP contribution in [0.5, 0.6) is 0 Å². The molecule has 0 saturated carbocycles. The van der Waals surface area contributed by atoms with E-state index in [1.165, 1.54) is 22.7 Å².